The third-order valence-electron chi connectivity index (χ3n) is 3.86. The molecule has 0 saturated carbocycles. The second kappa shape index (κ2) is 5.99. The van der Waals surface area contributed by atoms with Gasteiger partial charge in [-0.2, -0.15) is 4.31 Å². The van der Waals surface area contributed by atoms with Crippen molar-refractivity contribution in [2.45, 2.75) is 23.8 Å². The van der Waals surface area contributed by atoms with Crippen molar-refractivity contribution < 1.29 is 12.8 Å². The summed E-state index contributed by atoms with van der Waals surface area (Å²) in [5.41, 5.74) is 0.690. The van der Waals surface area contributed by atoms with E-state index in [0.717, 1.165) is 6.42 Å². The monoisotopic (exact) mass is 339 g/mol. The topological polar surface area (TPSA) is 37.4 Å². The summed E-state index contributed by atoms with van der Waals surface area (Å²) in [5.74, 6) is -0.353. The average molecular weight is 340 g/mol. The quantitative estimate of drug-likeness (QED) is 0.847. The molecule has 3 rings (SSSR count). The van der Waals surface area contributed by atoms with Crippen molar-refractivity contribution in [2.24, 2.45) is 0 Å². The van der Waals surface area contributed by atoms with E-state index in [1.807, 2.05) is 0 Å². The van der Waals surface area contributed by atoms with Gasteiger partial charge >= 0.3 is 0 Å². The third-order valence-corrected chi connectivity index (χ3v) is 6.03. The number of nitrogens with zero attached hydrogens (tertiary/aromatic N) is 1. The highest BCUT2D eigenvalue weighted by molar-refractivity contribution is 7.89. The lowest BCUT2D eigenvalue weighted by molar-refractivity contribution is 0.395. The molecule has 1 atom stereocenters. The van der Waals surface area contributed by atoms with Crippen LogP contribution in [0.1, 0.15) is 24.4 Å². The summed E-state index contributed by atoms with van der Waals surface area (Å²) in [6.07, 6.45) is 1.45. The van der Waals surface area contributed by atoms with Crippen molar-refractivity contribution in [1.29, 1.82) is 0 Å². The Kier molecular flexibility index (Phi) is 4.21. The van der Waals surface area contributed by atoms with Gasteiger partial charge in [-0.3, -0.25) is 0 Å². The molecular weight excluding hydrogens is 325 g/mol. The second-order valence-corrected chi connectivity index (χ2v) is 7.61. The van der Waals surface area contributed by atoms with Crippen LogP contribution in [-0.2, 0) is 10.0 Å². The smallest absolute Gasteiger partial charge is 0.207 e. The molecule has 1 aliphatic rings. The van der Waals surface area contributed by atoms with E-state index in [0.29, 0.717) is 23.6 Å². The summed E-state index contributed by atoms with van der Waals surface area (Å²) in [4.78, 5) is 0.209. The number of rotatable bonds is 3. The number of benzene rings is 2. The molecule has 2 aromatic carbocycles. The number of halogens is 2. The van der Waals surface area contributed by atoms with E-state index in [-0.39, 0.29) is 16.8 Å². The Bertz CT molecular complexity index is 777. The lowest BCUT2D eigenvalue weighted by Gasteiger charge is -2.24. The molecule has 0 amide bonds. The fourth-order valence-corrected chi connectivity index (χ4v) is 4.63. The first-order chi connectivity index (χ1) is 10.5. The SMILES string of the molecule is O=S(=O)(c1ccc(Cl)cc1)N1CCC[C@@H]1c1cccc(F)c1. The summed E-state index contributed by atoms with van der Waals surface area (Å²) in [6.45, 7) is 0.437. The summed E-state index contributed by atoms with van der Waals surface area (Å²) >= 11 is 5.81. The highest BCUT2D eigenvalue weighted by Crippen LogP contribution is 2.36. The molecule has 1 heterocycles. The maximum absolute atomic E-state index is 13.4. The van der Waals surface area contributed by atoms with Crippen molar-refractivity contribution in [2.75, 3.05) is 6.54 Å². The van der Waals surface area contributed by atoms with Crippen LogP contribution in [-0.4, -0.2) is 19.3 Å². The van der Waals surface area contributed by atoms with Crippen molar-refractivity contribution in [3.05, 3.63) is 64.9 Å². The van der Waals surface area contributed by atoms with E-state index < -0.39 is 10.0 Å². The fourth-order valence-electron chi connectivity index (χ4n) is 2.82. The molecule has 1 fully saturated rings. The van der Waals surface area contributed by atoms with Crippen LogP contribution in [0.2, 0.25) is 5.02 Å². The molecular formula is C16H15ClFNO2S. The molecule has 0 aliphatic carbocycles. The van der Waals surface area contributed by atoms with Crippen molar-refractivity contribution >= 4 is 21.6 Å². The first kappa shape index (κ1) is 15.5. The third kappa shape index (κ3) is 2.89. The van der Waals surface area contributed by atoms with Crippen molar-refractivity contribution in [3.63, 3.8) is 0 Å². The molecule has 0 unspecified atom stereocenters. The van der Waals surface area contributed by atoms with Crippen molar-refractivity contribution in [1.82, 2.24) is 4.31 Å². The Balaban J connectivity index is 1.97. The Morgan fingerprint density at radius 1 is 1.14 bits per heavy atom. The summed E-state index contributed by atoms with van der Waals surface area (Å²) in [6, 6.07) is 11.9. The lowest BCUT2D eigenvalue weighted by atomic mass is 10.1. The fraction of sp³-hybridized carbons (Fsp3) is 0.250. The second-order valence-electron chi connectivity index (χ2n) is 5.28. The molecule has 116 valence electrons. The maximum Gasteiger partial charge on any atom is 0.243 e. The van der Waals surface area contributed by atoms with E-state index in [2.05, 4.69) is 0 Å². The van der Waals surface area contributed by atoms with Gasteiger partial charge in [0.05, 0.1) is 10.9 Å². The van der Waals surface area contributed by atoms with Gasteiger partial charge in [0, 0.05) is 11.6 Å². The molecule has 0 spiro atoms. The largest absolute Gasteiger partial charge is 0.243 e. The van der Waals surface area contributed by atoms with Gasteiger partial charge in [-0.25, -0.2) is 12.8 Å². The van der Waals surface area contributed by atoms with E-state index in [9.17, 15) is 12.8 Å². The Labute approximate surface area is 134 Å². The Hall–Kier alpha value is -1.43. The van der Waals surface area contributed by atoms with Crippen LogP contribution in [0.4, 0.5) is 4.39 Å². The minimum absolute atomic E-state index is 0.209. The molecule has 2 aromatic rings. The zero-order chi connectivity index (χ0) is 15.7. The molecule has 0 N–H and O–H groups in total. The van der Waals surface area contributed by atoms with Gasteiger partial charge in [0.15, 0.2) is 0 Å². The first-order valence-electron chi connectivity index (χ1n) is 7.01. The van der Waals surface area contributed by atoms with Crippen LogP contribution in [0.25, 0.3) is 0 Å². The van der Waals surface area contributed by atoms with Gasteiger partial charge in [0.1, 0.15) is 5.82 Å². The van der Waals surface area contributed by atoms with Gasteiger partial charge in [0.2, 0.25) is 10.0 Å². The summed E-state index contributed by atoms with van der Waals surface area (Å²) in [7, 11) is -3.61. The summed E-state index contributed by atoms with van der Waals surface area (Å²) in [5, 5.41) is 0.488. The van der Waals surface area contributed by atoms with E-state index in [4.69, 9.17) is 11.6 Å². The Morgan fingerprint density at radius 2 is 1.86 bits per heavy atom. The minimum atomic E-state index is -3.61. The highest BCUT2D eigenvalue weighted by atomic mass is 35.5. The first-order valence-corrected chi connectivity index (χ1v) is 8.83. The normalized spacial score (nSPS) is 19.5. The van der Waals surface area contributed by atoms with Crippen LogP contribution >= 0.6 is 11.6 Å². The zero-order valence-electron chi connectivity index (χ0n) is 11.7. The molecule has 6 heteroatoms. The maximum atomic E-state index is 13.4. The highest BCUT2D eigenvalue weighted by Gasteiger charge is 2.36. The van der Waals surface area contributed by atoms with Crippen molar-refractivity contribution in [3.8, 4) is 0 Å². The van der Waals surface area contributed by atoms with Gasteiger partial charge in [0.25, 0.3) is 0 Å². The van der Waals surface area contributed by atoms with Crippen LogP contribution in [0.15, 0.2) is 53.4 Å². The lowest BCUT2D eigenvalue weighted by Crippen LogP contribution is -2.30. The van der Waals surface area contributed by atoms with E-state index in [1.54, 1.807) is 24.3 Å². The van der Waals surface area contributed by atoms with Gasteiger partial charge in [-0.1, -0.05) is 23.7 Å². The molecule has 1 aliphatic heterocycles. The predicted molar refractivity (Wildman–Crippen MR) is 83.7 cm³/mol. The van der Waals surface area contributed by atoms with Gasteiger partial charge in [-0.15, -0.1) is 0 Å². The number of hydrogen-bond donors (Lipinski definition) is 0. The molecule has 0 radical (unpaired) electrons. The Morgan fingerprint density at radius 3 is 2.55 bits per heavy atom. The van der Waals surface area contributed by atoms with Gasteiger partial charge in [-0.05, 0) is 54.8 Å². The average Bonchev–Trinajstić information content (AvgIpc) is 2.98. The molecule has 1 saturated heterocycles. The zero-order valence-corrected chi connectivity index (χ0v) is 13.3. The van der Waals surface area contributed by atoms with Crippen LogP contribution in [0, 0.1) is 5.82 Å². The predicted octanol–water partition coefficient (Wildman–Crippen LogP) is 4.00. The standard InChI is InChI=1S/C16H15ClFNO2S/c17-13-6-8-15(9-7-13)22(20,21)19-10-2-5-16(19)12-3-1-4-14(18)11-12/h1,3-4,6-9,11,16H,2,5,10H2/t16-/m1/s1. The molecule has 0 aromatic heterocycles. The number of sulfonamides is 1. The molecule has 22 heavy (non-hydrogen) atoms. The summed E-state index contributed by atoms with van der Waals surface area (Å²) < 4.78 is 40.5. The molecule has 3 nitrogen and oxygen atoms in total. The molecule has 0 bridgehead atoms. The minimum Gasteiger partial charge on any atom is -0.207 e. The van der Waals surface area contributed by atoms with E-state index in [1.165, 1.54) is 28.6 Å². The number of hydrogen-bond acceptors (Lipinski definition) is 2. The van der Waals surface area contributed by atoms with Gasteiger partial charge < -0.3 is 0 Å². The van der Waals surface area contributed by atoms with Crippen LogP contribution in [0.5, 0.6) is 0 Å². The van der Waals surface area contributed by atoms with Crippen LogP contribution in [0.3, 0.4) is 0 Å². The van der Waals surface area contributed by atoms with Crippen LogP contribution < -0.4 is 0 Å². The van der Waals surface area contributed by atoms with E-state index >= 15 is 0 Å².